The molecule has 174 valence electrons. The van der Waals surface area contributed by atoms with Gasteiger partial charge in [0.2, 0.25) is 0 Å². The van der Waals surface area contributed by atoms with E-state index in [2.05, 4.69) is 15.0 Å². The van der Waals surface area contributed by atoms with Crippen LogP contribution in [-0.2, 0) is 9.53 Å². The van der Waals surface area contributed by atoms with Crippen molar-refractivity contribution in [1.29, 1.82) is 0 Å². The number of fused-ring (bicyclic) bond motifs is 1. The highest BCUT2D eigenvalue weighted by Gasteiger charge is 2.62. The second-order valence-electron chi connectivity index (χ2n) is 8.52. The van der Waals surface area contributed by atoms with Gasteiger partial charge < -0.3 is 20.3 Å². The standard InChI is InChI=1S/C22H23F3N6O2/c1-12-14(23)8-13(10-28-12)16-2-3-19-31(16)21(32)22(33-19)5-7-30(11-17(22)25)18-4-6-27-20(29-18)15(24)9-26/h4,6,8-10,16-17,19H,2-3,5,7,11,26H2,1H3/b15-9+. The Labute approximate surface area is 188 Å². The molecule has 0 radical (unpaired) electrons. The number of rotatable bonds is 3. The third-order valence-corrected chi connectivity index (χ3v) is 6.67. The highest BCUT2D eigenvalue weighted by Crippen LogP contribution is 2.48. The first-order chi connectivity index (χ1) is 15.8. The van der Waals surface area contributed by atoms with Gasteiger partial charge in [0, 0.05) is 31.6 Å². The van der Waals surface area contributed by atoms with Crippen molar-refractivity contribution in [2.75, 3.05) is 18.0 Å². The second-order valence-corrected chi connectivity index (χ2v) is 8.52. The summed E-state index contributed by atoms with van der Waals surface area (Å²) in [5.41, 5.74) is 4.44. The van der Waals surface area contributed by atoms with Crippen LogP contribution in [0.5, 0.6) is 0 Å². The summed E-state index contributed by atoms with van der Waals surface area (Å²) in [6, 6.07) is 2.51. The first kappa shape index (κ1) is 21.6. The zero-order chi connectivity index (χ0) is 23.3. The van der Waals surface area contributed by atoms with Crippen LogP contribution >= 0.6 is 0 Å². The van der Waals surface area contributed by atoms with Crippen molar-refractivity contribution in [3.63, 3.8) is 0 Å². The van der Waals surface area contributed by atoms with Crippen LogP contribution in [0.15, 0.2) is 30.7 Å². The fourth-order valence-electron chi connectivity index (χ4n) is 4.90. The Balaban J connectivity index is 1.36. The molecule has 1 spiro atoms. The number of pyridine rings is 1. The van der Waals surface area contributed by atoms with E-state index in [-0.39, 0.29) is 31.0 Å². The highest BCUT2D eigenvalue weighted by molar-refractivity contribution is 5.89. The molecule has 0 aromatic carbocycles. The maximum absolute atomic E-state index is 15.6. The molecule has 0 aliphatic carbocycles. The number of piperidine rings is 1. The molecule has 2 N–H and O–H groups in total. The van der Waals surface area contributed by atoms with Gasteiger partial charge in [0.15, 0.2) is 23.4 Å². The minimum atomic E-state index is -1.63. The molecule has 0 saturated carbocycles. The zero-order valence-corrected chi connectivity index (χ0v) is 17.9. The molecule has 3 aliphatic heterocycles. The molecular formula is C22H23F3N6O2. The number of alkyl halides is 1. The summed E-state index contributed by atoms with van der Waals surface area (Å²) >= 11 is 0. The topological polar surface area (TPSA) is 97.5 Å². The Morgan fingerprint density at radius 3 is 2.91 bits per heavy atom. The third-order valence-electron chi connectivity index (χ3n) is 6.67. The minimum Gasteiger partial charge on any atom is -0.402 e. The smallest absolute Gasteiger partial charge is 0.260 e. The Morgan fingerprint density at radius 2 is 2.18 bits per heavy atom. The van der Waals surface area contributed by atoms with Gasteiger partial charge in [0.05, 0.1) is 18.3 Å². The Hall–Kier alpha value is -3.21. The fraction of sp³-hybridized carbons (Fsp3) is 0.455. The molecule has 5 rings (SSSR count). The number of hydrogen-bond acceptors (Lipinski definition) is 7. The van der Waals surface area contributed by atoms with E-state index in [1.165, 1.54) is 17.2 Å². The van der Waals surface area contributed by atoms with Crippen molar-refractivity contribution < 1.29 is 22.7 Å². The van der Waals surface area contributed by atoms with Gasteiger partial charge in [-0.05, 0) is 37.5 Å². The van der Waals surface area contributed by atoms with Crippen LogP contribution in [0, 0.1) is 12.7 Å². The molecule has 4 unspecified atom stereocenters. The monoisotopic (exact) mass is 460 g/mol. The lowest BCUT2D eigenvalue weighted by molar-refractivity contribution is -0.148. The van der Waals surface area contributed by atoms with Crippen molar-refractivity contribution >= 4 is 17.6 Å². The lowest BCUT2D eigenvalue weighted by Gasteiger charge is -2.40. The molecule has 11 heteroatoms. The summed E-state index contributed by atoms with van der Waals surface area (Å²) in [7, 11) is 0. The third kappa shape index (κ3) is 3.41. The van der Waals surface area contributed by atoms with Crippen LogP contribution in [0.4, 0.5) is 19.0 Å². The molecule has 0 bridgehead atoms. The average Bonchev–Trinajstić information content (AvgIpc) is 3.35. The number of anilines is 1. The lowest BCUT2D eigenvalue weighted by atomic mass is 9.88. The van der Waals surface area contributed by atoms with Crippen molar-refractivity contribution in [2.45, 2.75) is 50.2 Å². The molecule has 3 saturated heterocycles. The fourth-order valence-corrected chi connectivity index (χ4v) is 4.90. The summed E-state index contributed by atoms with van der Waals surface area (Å²) in [6.07, 6.45) is 2.70. The van der Waals surface area contributed by atoms with Gasteiger partial charge in [0.1, 0.15) is 17.9 Å². The van der Waals surface area contributed by atoms with Crippen molar-refractivity contribution in [3.05, 3.63) is 53.6 Å². The van der Waals surface area contributed by atoms with Gasteiger partial charge in [-0.25, -0.2) is 23.1 Å². The first-order valence-corrected chi connectivity index (χ1v) is 10.8. The SMILES string of the molecule is Cc1ncc(C2CCC3OC4(CCN(c5ccnc(/C(F)=C\N)n5)CC4F)C(=O)N32)cc1F. The predicted molar refractivity (Wildman–Crippen MR) is 112 cm³/mol. The Kier molecular flexibility index (Phi) is 5.23. The number of aryl methyl sites for hydroxylation is 1. The number of nitrogens with two attached hydrogens (primary N) is 1. The van der Waals surface area contributed by atoms with Crippen molar-refractivity contribution in [2.24, 2.45) is 5.73 Å². The molecule has 4 atom stereocenters. The predicted octanol–water partition coefficient (Wildman–Crippen LogP) is 2.55. The number of aromatic nitrogens is 3. The van der Waals surface area contributed by atoms with Gasteiger partial charge in [-0.2, -0.15) is 0 Å². The van der Waals surface area contributed by atoms with Crippen LogP contribution in [0.25, 0.3) is 5.83 Å². The number of hydrogen-bond donors (Lipinski definition) is 1. The quantitative estimate of drug-likeness (QED) is 0.752. The van der Waals surface area contributed by atoms with E-state index in [9.17, 15) is 13.6 Å². The molecule has 3 fully saturated rings. The van der Waals surface area contributed by atoms with E-state index in [1.54, 1.807) is 24.1 Å². The van der Waals surface area contributed by atoms with Gasteiger partial charge in [-0.1, -0.05) is 0 Å². The normalized spacial score (nSPS) is 29.8. The van der Waals surface area contributed by atoms with E-state index in [4.69, 9.17) is 10.5 Å². The van der Waals surface area contributed by atoms with Crippen molar-refractivity contribution in [3.8, 4) is 0 Å². The van der Waals surface area contributed by atoms with Gasteiger partial charge >= 0.3 is 0 Å². The Morgan fingerprint density at radius 1 is 1.36 bits per heavy atom. The Bertz CT molecular complexity index is 1130. The summed E-state index contributed by atoms with van der Waals surface area (Å²) in [4.78, 5) is 28.6. The lowest BCUT2D eigenvalue weighted by Crippen LogP contribution is -2.58. The van der Waals surface area contributed by atoms with Crippen LogP contribution in [0.2, 0.25) is 0 Å². The molecule has 3 aliphatic rings. The van der Waals surface area contributed by atoms with Crippen molar-refractivity contribution in [1.82, 2.24) is 19.9 Å². The molecule has 1 amide bonds. The van der Waals surface area contributed by atoms with Crippen LogP contribution in [0.3, 0.4) is 0 Å². The number of carbonyl (C=O) groups excluding carboxylic acids is 1. The second kappa shape index (κ2) is 7.98. The molecule has 33 heavy (non-hydrogen) atoms. The van der Waals surface area contributed by atoms with E-state index < -0.39 is 41.6 Å². The number of nitrogens with zero attached hydrogens (tertiary/aromatic N) is 5. The maximum atomic E-state index is 15.6. The molecule has 8 nitrogen and oxygen atoms in total. The largest absolute Gasteiger partial charge is 0.402 e. The van der Waals surface area contributed by atoms with E-state index in [1.807, 2.05) is 0 Å². The van der Waals surface area contributed by atoms with Gasteiger partial charge in [-0.15, -0.1) is 0 Å². The van der Waals surface area contributed by atoms with Crippen LogP contribution in [0.1, 0.15) is 42.4 Å². The first-order valence-electron chi connectivity index (χ1n) is 10.8. The summed E-state index contributed by atoms with van der Waals surface area (Å²) < 4.78 is 49.5. The molecule has 2 aromatic rings. The van der Waals surface area contributed by atoms with E-state index in [0.717, 1.165) is 6.20 Å². The highest BCUT2D eigenvalue weighted by atomic mass is 19.1. The summed E-state index contributed by atoms with van der Waals surface area (Å²) in [5.74, 6) is -1.52. The number of ether oxygens (including phenoxy) is 1. The average molecular weight is 460 g/mol. The zero-order valence-electron chi connectivity index (χ0n) is 17.9. The summed E-state index contributed by atoms with van der Waals surface area (Å²) in [6.45, 7) is 1.70. The molecular weight excluding hydrogens is 437 g/mol. The van der Waals surface area contributed by atoms with Crippen LogP contribution < -0.4 is 10.6 Å². The number of amides is 1. The maximum Gasteiger partial charge on any atom is 0.260 e. The molecule has 5 heterocycles. The van der Waals surface area contributed by atoms with Crippen LogP contribution in [-0.4, -0.2) is 56.8 Å². The minimum absolute atomic E-state index is 0.0990. The molecule has 2 aromatic heterocycles. The summed E-state index contributed by atoms with van der Waals surface area (Å²) in [5, 5.41) is 0. The number of carbonyl (C=O) groups is 1. The van der Waals surface area contributed by atoms with E-state index >= 15 is 4.39 Å². The van der Waals surface area contributed by atoms with Gasteiger partial charge in [-0.3, -0.25) is 9.78 Å². The van der Waals surface area contributed by atoms with E-state index in [0.29, 0.717) is 24.2 Å². The number of halogens is 3. The van der Waals surface area contributed by atoms with Gasteiger partial charge in [0.25, 0.3) is 5.91 Å².